The summed E-state index contributed by atoms with van der Waals surface area (Å²) in [4.78, 5) is 52.7. The van der Waals surface area contributed by atoms with E-state index in [0.717, 1.165) is 10.5 Å². The predicted molar refractivity (Wildman–Crippen MR) is 97.2 cm³/mol. The second kappa shape index (κ2) is 7.42. The minimum atomic E-state index is -0.960. The minimum absolute atomic E-state index is 0.0995. The van der Waals surface area contributed by atoms with E-state index in [9.17, 15) is 19.2 Å². The molecule has 3 N–H and O–H groups in total. The molecule has 0 saturated carbocycles. The Kier molecular flexibility index (Phi) is 4.96. The van der Waals surface area contributed by atoms with E-state index in [1.165, 1.54) is 0 Å². The Labute approximate surface area is 161 Å². The summed E-state index contributed by atoms with van der Waals surface area (Å²) in [6, 6.07) is 4.08. The lowest BCUT2D eigenvalue weighted by atomic mass is 10.0. The molecule has 148 valence electrons. The molecule has 2 fully saturated rings. The normalized spacial score (nSPS) is 26.2. The van der Waals surface area contributed by atoms with Gasteiger partial charge in [-0.2, -0.15) is 0 Å². The molecule has 0 spiro atoms. The van der Waals surface area contributed by atoms with Gasteiger partial charge in [0.25, 0.3) is 11.8 Å². The Balaban J connectivity index is 1.61. The van der Waals surface area contributed by atoms with Gasteiger partial charge in [0.05, 0.1) is 24.3 Å². The number of hydrogen-bond acceptors (Lipinski definition) is 7. The van der Waals surface area contributed by atoms with Crippen LogP contribution in [0.2, 0.25) is 0 Å². The Morgan fingerprint density at radius 2 is 2.00 bits per heavy atom. The van der Waals surface area contributed by atoms with Crippen LogP contribution in [0.1, 0.15) is 39.1 Å². The summed E-state index contributed by atoms with van der Waals surface area (Å²) in [6.07, 6.45) is 0.242. The molecule has 4 amide bonds. The van der Waals surface area contributed by atoms with Gasteiger partial charge >= 0.3 is 0 Å². The highest BCUT2D eigenvalue weighted by molar-refractivity contribution is 6.24. The van der Waals surface area contributed by atoms with Crippen LogP contribution in [0, 0.1) is 0 Å². The summed E-state index contributed by atoms with van der Waals surface area (Å²) in [5.41, 5.74) is 7.36. The zero-order valence-electron chi connectivity index (χ0n) is 15.3. The molecule has 3 aliphatic rings. The average Bonchev–Trinajstić information content (AvgIpc) is 2.79. The molecule has 1 aromatic carbocycles. The van der Waals surface area contributed by atoms with Crippen LogP contribution in [0.25, 0.3) is 0 Å². The quantitative estimate of drug-likeness (QED) is 0.655. The number of benzene rings is 1. The average molecular weight is 386 g/mol. The van der Waals surface area contributed by atoms with Gasteiger partial charge in [-0.05, 0) is 18.1 Å². The van der Waals surface area contributed by atoms with E-state index in [2.05, 4.69) is 10.2 Å². The van der Waals surface area contributed by atoms with Crippen molar-refractivity contribution < 1.29 is 23.9 Å². The number of nitrogens with zero attached hydrogens (tertiary/aromatic N) is 2. The van der Waals surface area contributed by atoms with Crippen LogP contribution in [0.3, 0.4) is 0 Å². The Bertz CT molecular complexity index is 855. The summed E-state index contributed by atoms with van der Waals surface area (Å²) in [5.74, 6) is -1.98. The second-order valence-electron chi connectivity index (χ2n) is 7.36. The molecule has 2 saturated heterocycles. The number of carbonyl (C=O) groups excluding carboxylic acids is 4. The first-order valence-corrected chi connectivity index (χ1v) is 9.35. The molecule has 9 nitrogen and oxygen atoms in total. The van der Waals surface area contributed by atoms with E-state index >= 15 is 0 Å². The number of nitrogens with one attached hydrogen (secondary N) is 1. The third-order valence-corrected chi connectivity index (χ3v) is 5.32. The highest BCUT2D eigenvalue weighted by atomic mass is 16.5. The van der Waals surface area contributed by atoms with E-state index in [-0.39, 0.29) is 18.9 Å². The molecule has 28 heavy (non-hydrogen) atoms. The van der Waals surface area contributed by atoms with Gasteiger partial charge in [-0.15, -0.1) is 0 Å². The van der Waals surface area contributed by atoms with Crippen LogP contribution in [0.15, 0.2) is 18.2 Å². The molecule has 4 rings (SSSR count). The Morgan fingerprint density at radius 3 is 2.79 bits per heavy atom. The fourth-order valence-electron chi connectivity index (χ4n) is 4.01. The number of amides is 4. The molecule has 1 aromatic rings. The standard InChI is InChI=1S/C19H22N4O5/c20-12-9-22(6-7-28-10-12)8-11-2-1-3-13-16(11)19(27)23(18(13)26)14-4-5-15(24)21-17(14)25/h1-3,12,14H,4-10,20H2,(H,21,24,25). The summed E-state index contributed by atoms with van der Waals surface area (Å²) >= 11 is 0. The smallest absolute Gasteiger partial charge is 0.262 e. The van der Waals surface area contributed by atoms with Gasteiger partial charge < -0.3 is 10.5 Å². The van der Waals surface area contributed by atoms with E-state index < -0.39 is 29.7 Å². The van der Waals surface area contributed by atoms with Crippen LogP contribution in [-0.2, 0) is 20.9 Å². The number of rotatable bonds is 3. The van der Waals surface area contributed by atoms with Crippen molar-refractivity contribution >= 4 is 23.6 Å². The van der Waals surface area contributed by atoms with Crippen LogP contribution in [0.5, 0.6) is 0 Å². The summed E-state index contributed by atoms with van der Waals surface area (Å²) < 4.78 is 5.45. The molecule has 2 unspecified atom stereocenters. The third kappa shape index (κ3) is 3.32. The number of ether oxygens (including phenoxy) is 1. The molecule has 3 heterocycles. The first kappa shape index (κ1) is 18.7. The lowest BCUT2D eigenvalue weighted by Crippen LogP contribution is -2.54. The third-order valence-electron chi connectivity index (χ3n) is 5.32. The van der Waals surface area contributed by atoms with Crippen LogP contribution < -0.4 is 11.1 Å². The van der Waals surface area contributed by atoms with Crippen molar-refractivity contribution in [2.75, 3.05) is 26.3 Å². The zero-order chi connectivity index (χ0) is 19.8. The van der Waals surface area contributed by atoms with E-state index in [4.69, 9.17) is 10.5 Å². The number of carbonyl (C=O) groups is 4. The van der Waals surface area contributed by atoms with Crippen molar-refractivity contribution in [3.63, 3.8) is 0 Å². The number of piperidine rings is 1. The maximum Gasteiger partial charge on any atom is 0.262 e. The highest BCUT2D eigenvalue weighted by Crippen LogP contribution is 2.30. The van der Waals surface area contributed by atoms with Crippen LogP contribution >= 0.6 is 0 Å². The van der Waals surface area contributed by atoms with Crippen molar-refractivity contribution in [2.45, 2.75) is 31.5 Å². The molecular formula is C19H22N4O5. The van der Waals surface area contributed by atoms with Gasteiger partial charge in [-0.1, -0.05) is 12.1 Å². The fourth-order valence-corrected chi connectivity index (χ4v) is 4.01. The largest absolute Gasteiger partial charge is 0.378 e. The number of fused-ring (bicyclic) bond motifs is 1. The first-order chi connectivity index (χ1) is 13.5. The molecule has 0 radical (unpaired) electrons. The van der Waals surface area contributed by atoms with Crippen molar-refractivity contribution in [1.82, 2.24) is 15.1 Å². The summed E-state index contributed by atoms with van der Waals surface area (Å²) in [6.45, 7) is 2.81. The van der Waals surface area contributed by atoms with Gasteiger partial charge in [0.15, 0.2) is 0 Å². The second-order valence-corrected chi connectivity index (χ2v) is 7.36. The highest BCUT2D eigenvalue weighted by Gasteiger charge is 2.45. The molecule has 0 aliphatic carbocycles. The zero-order valence-corrected chi connectivity index (χ0v) is 15.3. The minimum Gasteiger partial charge on any atom is -0.378 e. The monoisotopic (exact) mass is 386 g/mol. The van der Waals surface area contributed by atoms with Gasteiger partial charge in [-0.25, -0.2) is 0 Å². The van der Waals surface area contributed by atoms with E-state index in [1.54, 1.807) is 12.1 Å². The Morgan fingerprint density at radius 1 is 1.18 bits per heavy atom. The summed E-state index contributed by atoms with van der Waals surface area (Å²) in [5, 5.41) is 2.21. The van der Waals surface area contributed by atoms with Crippen LogP contribution in [0.4, 0.5) is 0 Å². The fraction of sp³-hybridized carbons (Fsp3) is 0.474. The van der Waals surface area contributed by atoms with Gasteiger partial charge in [0.2, 0.25) is 11.8 Å². The van der Waals surface area contributed by atoms with Gasteiger partial charge in [0.1, 0.15) is 6.04 Å². The summed E-state index contributed by atoms with van der Waals surface area (Å²) in [7, 11) is 0. The first-order valence-electron chi connectivity index (χ1n) is 9.35. The molecule has 0 bridgehead atoms. The van der Waals surface area contributed by atoms with Gasteiger partial charge in [-0.3, -0.25) is 34.3 Å². The lowest BCUT2D eigenvalue weighted by molar-refractivity contribution is -0.136. The van der Waals surface area contributed by atoms with Crippen molar-refractivity contribution in [3.05, 3.63) is 34.9 Å². The number of imide groups is 2. The molecule has 2 atom stereocenters. The van der Waals surface area contributed by atoms with Crippen molar-refractivity contribution in [1.29, 1.82) is 0 Å². The molecular weight excluding hydrogens is 364 g/mol. The van der Waals surface area contributed by atoms with Gasteiger partial charge in [0, 0.05) is 32.1 Å². The lowest BCUT2D eigenvalue weighted by Gasteiger charge is -2.28. The SMILES string of the molecule is NC1COCCN(Cc2cccc3c2C(=O)N(C2CCC(=O)NC2=O)C3=O)C1. The molecule has 0 aromatic heterocycles. The number of nitrogens with two attached hydrogens (primary N) is 1. The maximum absolute atomic E-state index is 13.1. The molecule has 9 heteroatoms. The molecule has 3 aliphatic heterocycles. The van der Waals surface area contributed by atoms with Crippen LogP contribution in [-0.4, -0.2) is 71.8 Å². The van der Waals surface area contributed by atoms with Crippen molar-refractivity contribution in [3.8, 4) is 0 Å². The predicted octanol–water partition coefficient (Wildman–Crippen LogP) is -0.753. The number of hydrogen-bond donors (Lipinski definition) is 2. The Hall–Kier alpha value is -2.62. The van der Waals surface area contributed by atoms with E-state index in [0.29, 0.717) is 44.0 Å². The van der Waals surface area contributed by atoms with E-state index in [1.807, 2.05) is 6.07 Å². The van der Waals surface area contributed by atoms with Crippen molar-refractivity contribution in [2.24, 2.45) is 5.73 Å². The maximum atomic E-state index is 13.1. The topological polar surface area (TPSA) is 122 Å².